The molecule has 0 bridgehead atoms. The molecule has 0 unspecified atom stereocenters. The van der Waals surface area contributed by atoms with E-state index in [2.05, 4.69) is 5.32 Å². The number of primary amides is 1. The molecule has 1 aromatic rings. The Morgan fingerprint density at radius 2 is 1.74 bits per heavy atom. The maximum absolute atomic E-state index is 13.0. The summed E-state index contributed by atoms with van der Waals surface area (Å²) in [5.74, 6) is -2.02. The summed E-state index contributed by atoms with van der Waals surface area (Å²) in [4.78, 5) is 23.3. The predicted molar refractivity (Wildman–Crippen MR) is 80.4 cm³/mol. The minimum atomic E-state index is -4.48. The van der Waals surface area contributed by atoms with E-state index in [0.717, 1.165) is 6.07 Å². The van der Waals surface area contributed by atoms with Crippen molar-refractivity contribution in [2.45, 2.75) is 45.3 Å². The van der Waals surface area contributed by atoms with Crippen molar-refractivity contribution in [2.75, 3.05) is 0 Å². The fourth-order valence-corrected chi connectivity index (χ4v) is 2.37. The van der Waals surface area contributed by atoms with Gasteiger partial charge in [0.25, 0.3) is 0 Å². The maximum atomic E-state index is 13.0. The zero-order chi connectivity index (χ0) is 17.8. The Balaban J connectivity index is 2.86. The van der Waals surface area contributed by atoms with Crippen LogP contribution in [0.5, 0.6) is 0 Å². The fraction of sp³-hybridized carbons (Fsp3) is 0.500. The molecule has 3 N–H and O–H groups in total. The first-order chi connectivity index (χ1) is 10.5. The molecule has 0 aromatic heterocycles. The number of rotatable bonds is 6. The van der Waals surface area contributed by atoms with E-state index in [-0.39, 0.29) is 17.9 Å². The molecule has 0 aliphatic carbocycles. The molecule has 0 spiro atoms. The third kappa shape index (κ3) is 5.26. The van der Waals surface area contributed by atoms with Gasteiger partial charge in [0.15, 0.2) is 0 Å². The van der Waals surface area contributed by atoms with Crippen LogP contribution in [0.2, 0.25) is 0 Å². The van der Waals surface area contributed by atoms with Crippen molar-refractivity contribution < 1.29 is 22.8 Å². The van der Waals surface area contributed by atoms with Crippen molar-refractivity contribution in [2.24, 2.45) is 11.7 Å². The van der Waals surface area contributed by atoms with Crippen LogP contribution in [0.15, 0.2) is 24.3 Å². The SMILES string of the molecule is CC(C)[C@H](NC(=O)C[C@H](C)c1ccccc1C(F)(F)F)C(N)=O. The monoisotopic (exact) mass is 330 g/mol. The average molecular weight is 330 g/mol. The second-order valence-corrected chi connectivity index (χ2v) is 5.88. The highest BCUT2D eigenvalue weighted by Crippen LogP contribution is 2.35. The van der Waals surface area contributed by atoms with Crippen molar-refractivity contribution in [1.29, 1.82) is 0 Å². The Kier molecular flexibility index (Phi) is 6.18. The number of halogens is 3. The molecule has 128 valence electrons. The van der Waals surface area contributed by atoms with Gasteiger partial charge in [-0.1, -0.05) is 39.0 Å². The van der Waals surface area contributed by atoms with Crippen LogP contribution in [0.3, 0.4) is 0 Å². The molecule has 0 heterocycles. The standard InChI is InChI=1S/C16H21F3N2O2/c1-9(2)14(15(20)23)21-13(22)8-10(3)11-6-4-5-7-12(11)16(17,18)19/h4-7,9-10,14H,8H2,1-3H3,(H2,20,23)(H,21,22)/t10-,14-/m0/s1. The molecule has 0 aliphatic rings. The molecule has 2 amide bonds. The summed E-state index contributed by atoms with van der Waals surface area (Å²) >= 11 is 0. The van der Waals surface area contributed by atoms with E-state index in [9.17, 15) is 22.8 Å². The van der Waals surface area contributed by atoms with Crippen LogP contribution in [0, 0.1) is 5.92 Å². The molecular weight excluding hydrogens is 309 g/mol. The van der Waals surface area contributed by atoms with Crippen molar-refractivity contribution in [3.63, 3.8) is 0 Å². The lowest BCUT2D eigenvalue weighted by Crippen LogP contribution is -2.47. The molecule has 0 fully saturated rings. The van der Waals surface area contributed by atoms with E-state index in [4.69, 9.17) is 5.73 Å². The van der Waals surface area contributed by atoms with Gasteiger partial charge in [0.2, 0.25) is 11.8 Å². The molecule has 0 aliphatic heterocycles. The topological polar surface area (TPSA) is 72.2 Å². The molecule has 0 saturated carbocycles. The number of carbonyl (C=O) groups is 2. The summed E-state index contributed by atoms with van der Waals surface area (Å²) in [6, 6.07) is 4.31. The summed E-state index contributed by atoms with van der Waals surface area (Å²) in [5, 5.41) is 2.48. The third-order valence-corrected chi connectivity index (χ3v) is 3.58. The van der Waals surface area contributed by atoms with Crippen LogP contribution in [-0.2, 0) is 15.8 Å². The van der Waals surface area contributed by atoms with Gasteiger partial charge >= 0.3 is 6.18 Å². The highest BCUT2D eigenvalue weighted by atomic mass is 19.4. The first kappa shape index (κ1) is 19.0. The van der Waals surface area contributed by atoms with E-state index in [1.54, 1.807) is 20.8 Å². The molecule has 23 heavy (non-hydrogen) atoms. The smallest absolute Gasteiger partial charge is 0.368 e. The maximum Gasteiger partial charge on any atom is 0.416 e. The normalized spacial score (nSPS) is 14.4. The summed E-state index contributed by atoms with van der Waals surface area (Å²) in [6.07, 6.45) is -4.64. The summed E-state index contributed by atoms with van der Waals surface area (Å²) in [7, 11) is 0. The number of alkyl halides is 3. The van der Waals surface area contributed by atoms with Gasteiger partial charge in [-0.25, -0.2) is 0 Å². The van der Waals surface area contributed by atoms with E-state index in [1.165, 1.54) is 18.2 Å². The van der Waals surface area contributed by atoms with Gasteiger partial charge in [-0.05, 0) is 23.5 Å². The van der Waals surface area contributed by atoms with Crippen LogP contribution in [0.25, 0.3) is 0 Å². The molecule has 0 radical (unpaired) electrons. The summed E-state index contributed by atoms with van der Waals surface area (Å²) < 4.78 is 39.0. The quantitative estimate of drug-likeness (QED) is 0.842. The van der Waals surface area contributed by atoms with E-state index in [0.29, 0.717) is 0 Å². The second kappa shape index (κ2) is 7.48. The molecule has 7 heteroatoms. The van der Waals surface area contributed by atoms with Gasteiger partial charge in [-0.2, -0.15) is 13.2 Å². The van der Waals surface area contributed by atoms with Gasteiger partial charge < -0.3 is 11.1 Å². The molecule has 2 atom stereocenters. The molecule has 1 aromatic carbocycles. The van der Waals surface area contributed by atoms with E-state index >= 15 is 0 Å². The Morgan fingerprint density at radius 3 is 2.22 bits per heavy atom. The van der Waals surface area contributed by atoms with Crippen LogP contribution in [0.1, 0.15) is 44.2 Å². The average Bonchev–Trinajstić information content (AvgIpc) is 2.43. The molecule has 4 nitrogen and oxygen atoms in total. The Hall–Kier alpha value is -2.05. The number of carbonyl (C=O) groups excluding carboxylic acids is 2. The lowest BCUT2D eigenvalue weighted by Gasteiger charge is -2.21. The van der Waals surface area contributed by atoms with Crippen LogP contribution >= 0.6 is 0 Å². The summed E-state index contributed by atoms with van der Waals surface area (Å²) in [6.45, 7) is 4.98. The van der Waals surface area contributed by atoms with Crippen molar-refractivity contribution in [1.82, 2.24) is 5.32 Å². The number of amides is 2. The van der Waals surface area contributed by atoms with Gasteiger partial charge in [-0.3, -0.25) is 9.59 Å². The van der Waals surface area contributed by atoms with Crippen LogP contribution in [-0.4, -0.2) is 17.9 Å². The summed E-state index contributed by atoms with van der Waals surface area (Å²) in [5.41, 5.74) is 4.50. The Bertz CT molecular complexity index is 571. The van der Waals surface area contributed by atoms with Gasteiger partial charge in [0.1, 0.15) is 6.04 Å². The lowest BCUT2D eigenvalue weighted by molar-refractivity contribution is -0.138. The first-order valence-corrected chi connectivity index (χ1v) is 7.28. The Labute approximate surface area is 133 Å². The van der Waals surface area contributed by atoms with Crippen molar-refractivity contribution >= 4 is 11.8 Å². The van der Waals surface area contributed by atoms with E-state index < -0.39 is 35.5 Å². The lowest BCUT2D eigenvalue weighted by atomic mass is 9.92. The minimum absolute atomic E-state index is 0.0512. The predicted octanol–water partition coefficient (Wildman–Crippen LogP) is 2.83. The van der Waals surface area contributed by atoms with Gasteiger partial charge in [-0.15, -0.1) is 0 Å². The largest absolute Gasteiger partial charge is 0.416 e. The molecule has 0 saturated heterocycles. The second-order valence-electron chi connectivity index (χ2n) is 5.88. The van der Waals surface area contributed by atoms with Gasteiger partial charge in [0.05, 0.1) is 5.56 Å². The number of nitrogens with two attached hydrogens (primary N) is 1. The zero-order valence-corrected chi connectivity index (χ0v) is 13.3. The van der Waals surface area contributed by atoms with Crippen LogP contribution < -0.4 is 11.1 Å². The Morgan fingerprint density at radius 1 is 1.17 bits per heavy atom. The number of hydrogen-bond acceptors (Lipinski definition) is 2. The first-order valence-electron chi connectivity index (χ1n) is 7.28. The highest BCUT2D eigenvalue weighted by molar-refractivity contribution is 5.87. The fourth-order valence-electron chi connectivity index (χ4n) is 2.37. The third-order valence-electron chi connectivity index (χ3n) is 3.58. The van der Waals surface area contributed by atoms with Crippen molar-refractivity contribution in [3.05, 3.63) is 35.4 Å². The number of nitrogens with one attached hydrogen (secondary N) is 1. The highest BCUT2D eigenvalue weighted by Gasteiger charge is 2.34. The number of hydrogen-bond donors (Lipinski definition) is 2. The van der Waals surface area contributed by atoms with Crippen LogP contribution in [0.4, 0.5) is 13.2 Å². The number of benzene rings is 1. The van der Waals surface area contributed by atoms with Crippen molar-refractivity contribution in [3.8, 4) is 0 Å². The molecular formula is C16H21F3N2O2. The minimum Gasteiger partial charge on any atom is -0.368 e. The molecule has 1 rings (SSSR count). The van der Waals surface area contributed by atoms with E-state index in [1.807, 2.05) is 0 Å². The van der Waals surface area contributed by atoms with Gasteiger partial charge in [0, 0.05) is 6.42 Å². The zero-order valence-electron chi connectivity index (χ0n) is 13.3.